The first-order valence-electron chi connectivity index (χ1n) is 6.22. The maximum absolute atomic E-state index is 12.4. The summed E-state index contributed by atoms with van der Waals surface area (Å²) < 4.78 is 26.6. The van der Waals surface area contributed by atoms with Crippen LogP contribution in [0.15, 0.2) is 52.1 Å². The van der Waals surface area contributed by atoms with Gasteiger partial charge in [-0.2, -0.15) is 0 Å². The number of ketones is 1. The second-order valence-electron chi connectivity index (χ2n) is 4.63. The highest BCUT2D eigenvalue weighted by Crippen LogP contribution is 2.18. The number of carbonyl (C=O) groups is 2. The molecule has 0 aliphatic heterocycles. The van der Waals surface area contributed by atoms with Crippen molar-refractivity contribution >= 4 is 38.1 Å². The highest BCUT2D eigenvalue weighted by molar-refractivity contribution is 9.10. The second kappa shape index (κ2) is 6.45. The van der Waals surface area contributed by atoms with Gasteiger partial charge in [0.05, 0.1) is 11.4 Å². The maximum Gasteiger partial charge on any atom is 0.267 e. The fourth-order valence-electron chi connectivity index (χ4n) is 1.77. The van der Waals surface area contributed by atoms with E-state index in [4.69, 9.17) is 0 Å². The summed E-state index contributed by atoms with van der Waals surface area (Å²) in [5.74, 6) is -0.334. The number of Topliss-reactive ketones (excluding diaryl/α,β-unsaturated/α-hetero) is 1. The van der Waals surface area contributed by atoms with E-state index in [0.717, 1.165) is 8.45 Å². The SMILES string of the molecule is CN(C=O)CC(=O)c1ccn(S(=O)(=O)c2ccc(Br)cc2)c1. The van der Waals surface area contributed by atoms with Gasteiger partial charge in [0.15, 0.2) is 5.78 Å². The van der Waals surface area contributed by atoms with E-state index in [2.05, 4.69) is 15.9 Å². The van der Waals surface area contributed by atoms with Crippen LogP contribution in [-0.2, 0) is 14.8 Å². The average Bonchev–Trinajstić information content (AvgIpc) is 2.98. The molecule has 0 saturated heterocycles. The number of halogens is 1. The highest BCUT2D eigenvalue weighted by Gasteiger charge is 2.18. The summed E-state index contributed by atoms with van der Waals surface area (Å²) in [6.45, 7) is -0.105. The molecule has 0 atom stereocenters. The fraction of sp³-hybridized carbons (Fsp3) is 0.143. The topological polar surface area (TPSA) is 76.5 Å². The molecule has 0 unspecified atom stereocenters. The number of nitrogens with zero attached hydrogens (tertiary/aromatic N) is 2. The first kappa shape index (κ1) is 16.4. The molecule has 0 saturated carbocycles. The Morgan fingerprint density at radius 1 is 1.27 bits per heavy atom. The third-order valence-corrected chi connectivity index (χ3v) is 5.13. The minimum atomic E-state index is -3.74. The number of hydrogen-bond donors (Lipinski definition) is 0. The Kier molecular flexibility index (Phi) is 4.82. The van der Waals surface area contributed by atoms with Crippen molar-refractivity contribution in [3.05, 3.63) is 52.8 Å². The predicted molar refractivity (Wildman–Crippen MR) is 84.2 cm³/mol. The fourth-order valence-corrected chi connectivity index (χ4v) is 3.24. The van der Waals surface area contributed by atoms with Gasteiger partial charge in [0.1, 0.15) is 0 Å². The number of carbonyl (C=O) groups excluding carboxylic acids is 2. The molecule has 1 aromatic carbocycles. The molecule has 6 nitrogen and oxygen atoms in total. The van der Waals surface area contributed by atoms with Gasteiger partial charge in [0.2, 0.25) is 6.41 Å². The van der Waals surface area contributed by atoms with Crippen molar-refractivity contribution in [1.82, 2.24) is 8.87 Å². The molecule has 0 radical (unpaired) electrons. The number of likely N-dealkylation sites (N-methyl/N-ethyl adjacent to an activating group) is 1. The Labute approximate surface area is 136 Å². The van der Waals surface area contributed by atoms with E-state index in [0.29, 0.717) is 6.41 Å². The first-order chi connectivity index (χ1) is 10.3. The number of benzene rings is 1. The van der Waals surface area contributed by atoms with Crippen molar-refractivity contribution in [3.63, 3.8) is 0 Å². The number of hydrogen-bond acceptors (Lipinski definition) is 4. The third kappa shape index (κ3) is 3.45. The Bertz CT molecular complexity index is 797. The zero-order valence-electron chi connectivity index (χ0n) is 11.6. The van der Waals surface area contributed by atoms with Crippen LogP contribution in [0, 0.1) is 0 Å². The Hall–Kier alpha value is -1.93. The van der Waals surface area contributed by atoms with Crippen LogP contribution in [-0.4, -0.2) is 43.1 Å². The van der Waals surface area contributed by atoms with Gasteiger partial charge in [-0.3, -0.25) is 9.59 Å². The van der Waals surface area contributed by atoms with E-state index in [1.807, 2.05) is 0 Å². The van der Waals surface area contributed by atoms with Crippen molar-refractivity contribution < 1.29 is 18.0 Å². The molecule has 8 heteroatoms. The summed E-state index contributed by atoms with van der Waals surface area (Å²) in [6.07, 6.45) is 3.09. The maximum atomic E-state index is 12.4. The molecule has 116 valence electrons. The largest absolute Gasteiger partial charge is 0.341 e. The summed E-state index contributed by atoms with van der Waals surface area (Å²) >= 11 is 3.24. The van der Waals surface area contributed by atoms with Crippen LogP contribution in [0.2, 0.25) is 0 Å². The number of amides is 1. The zero-order valence-corrected chi connectivity index (χ0v) is 14.0. The standard InChI is InChI=1S/C14H13BrN2O4S/c1-16(10-18)9-14(19)11-6-7-17(8-11)22(20,21)13-4-2-12(15)3-5-13/h2-8,10H,9H2,1H3. The van der Waals surface area contributed by atoms with Crippen LogP contribution < -0.4 is 0 Å². The van der Waals surface area contributed by atoms with Crippen LogP contribution in [0.1, 0.15) is 10.4 Å². The molecule has 1 amide bonds. The molecule has 0 bridgehead atoms. The summed E-state index contributed by atoms with van der Waals surface area (Å²) in [5, 5.41) is 0. The van der Waals surface area contributed by atoms with E-state index < -0.39 is 10.0 Å². The Balaban J connectivity index is 2.29. The van der Waals surface area contributed by atoms with Gasteiger partial charge in [-0.05, 0) is 30.3 Å². The quantitative estimate of drug-likeness (QED) is 0.561. The zero-order chi connectivity index (χ0) is 16.3. The second-order valence-corrected chi connectivity index (χ2v) is 7.39. The molecular weight excluding hydrogens is 372 g/mol. The predicted octanol–water partition coefficient (Wildman–Crippen LogP) is 1.76. The van der Waals surface area contributed by atoms with Gasteiger partial charge < -0.3 is 4.90 Å². The van der Waals surface area contributed by atoms with Crippen LogP contribution in [0.3, 0.4) is 0 Å². The van der Waals surface area contributed by atoms with Gasteiger partial charge in [-0.25, -0.2) is 12.4 Å². The lowest BCUT2D eigenvalue weighted by atomic mass is 10.2. The molecule has 22 heavy (non-hydrogen) atoms. The summed E-state index contributed by atoms with van der Waals surface area (Å²) in [4.78, 5) is 23.7. The average molecular weight is 385 g/mol. The van der Waals surface area contributed by atoms with E-state index in [1.165, 1.54) is 42.5 Å². The van der Waals surface area contributed by atoms with Gasteiger partial charge >= 0.3 is 0 Å². The van der Waals surface area contributed by atoms with Crippen molar-refractivity contribution in [2.75, 3.05) is 13.6 Å². The lowest BCUT2D eigenvalue weighted by Gasteiger charge is -2.08. The monoisotopic (exact) mass is 384 g/mol. The molecule has 2 aromatic rings. The van der Waals surface area contributed by atoms with Crippen LogP contribution in [0.4, 0.5) is 0 Å². The lowest BCUT2D eigenvalue weighted by Crippen LogP contribution is -2.24. The van der Waals surface area contributed by atoms with Crippen LogP contribution in [0.5, 0.6) is 0 Å². The van der Waals surface area contributed by atoms with Gasteiger partial charge in [0, 0.05) is 29.5 Å². The van der Waals surface area contributed by atoms with Gasteiger partial charge in [-0.15, -0.1) is 0 Å². The molecule has 0 N–H and O–H groups in total. The summed E-state index contributed by atoms with van der Waals surface area (Å²) in [6, 6.07) is 7.61. The molecule has 1 aromatic heterocycles. The summed E-state index contributed by atoms with van der Waals surface area (Å²) in [7, 11) is -2.27. The smallest absolute Gasteiger partial charge is 0.267 e. The van der Waals surface area contributed by atoms with Crippen molar-refractivity contribution in [2.24, 2.45) is 0 Å². The first-order valence-corrected chi connectivity index (χ1v) is 8.46. The van der Waals surface area contributed by atoms with Gasteiger partial charge in [0.25, 0.3) is 10.0 Å². The minimum Gasteiger partial charge on any atom is -0.341 e. The molecule has 0 aliphatic carbocycles. The molecule has 1 heterocycles. The molecular formula is C14H13BrN2O4S. The molecule has 2 rings (SSSR count). The molecule has 0 aliphatic rings. The van der Waals surface area contributed by atoms with Crippen LogP contribution >= 0.6 is 15.9 Å². The van der Waals surface area contributed by atoms with E-state index in [9.17, 15) is 18.0 Å². The third-order valence-electron chi connectivity index (χ3n) is 2.95. The minimum absolute atomic E-state index is 0.105. The summed E-state index contributed by atoms with van der Waals surface area (Å²) in [5.41, 5.74) is 0.231. The van der Waals surface area contributed by atoms with Crippen molar-refractivity contribution in [2.45, 2.75) is 4.90 Å². The lowest BCUT2D eigenvalue weighted by molar-refractivity contribution is -0.116. The number of aromatic nitrogens is 1. The van der Waals surface area contributed by atoms with Crippen molar-refractivity contribution in [3.8, 4) is 0 Å². The van der Waals surface area contributed by atoms with E-state index >= 15 is 0 Å². The number of rotatable bonds is 6. The van der Waals surface area contributed by atoms with Crippen LogP contribution in [0.25, 0.3) is 0 Å². The normalized spacial score (nSPS) is 11.2. The van der Waals surface area contributed by atoms with Gasteiger partial charge in [-0.1, -0.05) is 15.9 Å². The van der Waals surface area contributed by atoms with E-state index in [1.54, 1.807) is 12.1 Å². The Morgan fingerprint density at radius 3 is 2.50 bits per heavy atom. The van der Waals surface area contributed by atoms with Crippen molar-refractivity contribution in [1.29, 1.82) is 0 Å². The van der Waals surface area contributed by atoms with E-state index in [-0.39, 0.29) is 22.8 Å². The highest BCUT2D eigenvalue weighted by atomic mass is 79.9. The molecule has 0 fully saturated rings. The Morgan fingerprint density at radius 2 is 1.91 bits per heavy atom. The molecule has 0 spiro atoms.